The van der Waals surface area contributed by atoms with Gasteiger partial charge in [-0.05, 0) is 24.2 Å². The van der Waals surface area contributed by atoms with E-state index in [4.69, 9.17) is 0 Å². The lowest BCUT2D eigenvalue weighted by molar-refractivity contribution is -0.131. The van der Waals surface area contributed by atoms with Crippen molar-refractivity contribution in [3.05, 3.63) is 0 Å². The summed E-state index contributed by atoms with van der Waals surface area (Å²) in [6, 6.07) is -0.125. The summed E-state index contributed by atoms with van der Waals surface area (Å²) in [6.07, 6.45) is 1.67. The number of sulfone groups is 1. The molecule has 21 heavy (non-hydrogen) atoms. The van der Waals surface area contributed by atoms with E-state index in [2.05, 4.69) is 33.0 Å². The monoisotopic (exact) mass is 316 g/mol. The molecule has 0 aromatic rings. The summed E-state index contributed by atoms with van der Waals surface area (Å²) in [6.45, 7) is 8.96. The summed E-state index contributed by atoms with van der Waals surface area (Å²) in [5.74, 6) is 1.37. The van der Waals surface area contributed by atoms with Gasteiger partial charge in [0, 0.05) is 6.54 Å². The Morgan fingerprint density at radius 3 is 2.48 bits per heavy atom. The zero-order valence-electron chi connectivity index (χ0n) is 13.5. The molecule has 1 amide bonds. The van der Waals surface area contributed by atoms with Gasteiger partial charge in [-0.1, -0.05) is 34.1 Å². The molecule has 2 fully saturated rings. The molecule has 0 aromatic heterocycles. The molecule has 0 aliphatic carbocycles. The second kappa shape index (κ2) is 6.24. The first-order valence-electron chi connectivity index (χ1n) is 8.02. The lowest BCUT2D eigenvalue weighted by Crippen LogP contribution is -2.44. The minimum absolute atomic E-state index is 0.0276. The number of hydrogen-bond acceptors (Lipinski definition) is 4. The molecule has 2 saturated heterocycles. The van der Waals surface area contributed by atoms with Gasteiger partial charge in [-0.15, -0.1) is 0 Å². The zero-order valence-corrected chi connectivity index (χ0v) is 14.3. The Labute approximate surface area is 128 Å². The van der Waals surface area contributed by atoms with Crippen molar-refractivity contribution in [3.8, 4) is 0 Å². The molecule has 122 valence electrons. The van der Waals surface area contributed by atoms with Gasteiger partial charge in [-0.25, -0.2) is 8.42 Å². The van der Waals surface area contributed by atoms with Gasteiger partial charge in [-0.2, -0.15) is 0 Å². The van der Waals surface area contributed by atoms with Crippen LogP contribution in [0, 0.1) is 17.8 Å². The molecule has 0 aromatic carbocycles. The SMILES string of the molecule is CCC(C)C1NC(C(C)C)N(CC2CCS(=O)(=O)C2)C1=O. The van der Waals surface area contributed by atoms with Crippen molar-refractivity contribution in [3.63, 3.8) is 0 Å². The third-order valence-corrected chi connectivity index (χ3v) is 6.70. The molecule has 2 aliphatic heterocycles. The van der Waals surface area contributed by atoms with Crippen LogP contribution in [0.5, 0.6) is 0 Å². The Morgan fingerprint density at radius 2 is 2.00 bits per heavy atom. The fourth-order valence-electron chi connectivity index (χ4n) is 3.35. The third-order valence-electron chi connectivity index (χ3n) is 4.86. The topological polar surface area (TPSA) is 66.5 Å². The van der Waals surface area contributed by atoms with Crippen LogP contribution in [0.3, 0.4) is 0 Å². The molecule has 0 saturated carbocycles. The zero-order chi connectivity index (χ0) is 15.8. The van der Waals surface area contributed by atoms with Crippen molar-refractivity contribution >= 4 is 15.7 Å². The van der Waals surface area contributed by atoms with Crippen LogP contribution in [0.4, 0.5) is 0 Å². The fraction of sp³-hybridized carbons (Fsp3) is 0.933. The lowest BCUT2D eigenvalue weighted by atomic mass is 9.99. The number of hydrogen-bond donors (Lipinski definition) is 1. The molecular formula is C15H28N2O3S. The van der Waals surface area contributed by atoms with Crippen LogP contribution in [0.1, 0.15) is 40.5 Å². The van der Waals surface area contributed by atoms with Crippen molar-refractivity contribution < 1.29 is 13.2 Å². The maximum Gasteiger partial charge on any atom is 0.241 e. The normalized spacial score (nSPS) is 33.9. The highest BCUT2D eigenvalue weighted by Gasteiger charge is 2.43. The van der Waals surface area contributed by atoms with Crippen LogP contribution in [0.15, 0.2) is 0 Å². The van der Waals surface area contributed by atoms with E-state index >= 15 is 0 Å². The van der Waals surface area contributed by atoms with Crippen molar-refractivity contribution in [1.29, 1.82) is 0 Å². The molecule has 5 nitrogen and oxygen atoms in total. The van der Waals surface area contributed by atoms with Crippen molar-refractivity contribution in [2.75, 3.05) is 18.1 Å². The van der Waals surface area contributed by atoms with Gasteiger partial charge in [0.25, 0.3) is 0 Å². The number of carbonyl (C=O) groups is 1. The molecule has 0 radical (unpaired) electrons. The van der Waals surface area contributed by atoms with Gasteiger partial charge in [0.1, 0.15) is 0 Å². The average molecular weight is 316 g/mol. The Balaban J connectivity index is 2.10. The summed E-state index contributed by atoms with van der Waals surface area (Å²) >= 11 is 0. The van der Waals surface area contributed by atoms with Gasteiger partial charge in [0.2, 0.25) is 5.91 Å². The van der Waals surface area contributed by atoms with Gasteiger partial charge >= 0.3 is 0 Å². The van der Waals surface area contributed by atoms with Crippen LogP contribution in [-0.4, -0.2) is 49.5 Å². The van der Waals surface area contributed by atoms with Gasteiger partial charge in [0.05, 0.1) is 23.7 Å². The molecular weight excluding hydrogens is 288 g/mol. The second-order valence-corrected chi connectivity index (χ2v) is 9.21. The van der Waals surface area contributed by atoms with Crippen LogP contribution >= 0.6 is 0 Å². The Bertz CT molecular complexity index is 489. The van der Waals surface area contributed by atoms with Crippen molar-refractivity contribution in [2.45, 2.75) is 52.7 Å². The van der Waals surface area contributed by atoms with Gasteiger partial charge in [-0.3, -0.25) is 10.1 Å². The summed E-state index contributed by atoms with van der Waals surface area (Å²) in [4.78, 5) is 14.6. The largest absolute Gasteiger partial charge is 0.325 e. The molecule has 0 bridgehead atoms. The number of amides is 1. The molecule has 1 N–H and O–H groups in total. The minimum atomic E-state index is -2.89. The first-order chi connectivity index (χ1) is 9.75. The molecule has 4 unspecified atom stereocenters. The van der Waals surface area contributed by atoms with Gasteiger partial charge in [0.15, 0.2) is 9.84 Å². The van der Waals surface area contributed by atoms with E-state index in [1.807, 2.05) is 4.90 Å². The molecule has 2 rings (SSSR count). The lowest BCUT2D eigenvalue weighted by Gasteiger charge is -2.29. The second-order valence-electron chi connectivity index (χ2n) is 6.98. The molecule has 0 spiro atoms. The fourth-order valence-corrected chi connectivity index (χ4v) is 5.20. The maximum atomic E-state index is 12.7. The van der Waals surface area contributed by atoms with E-state index in [1.54, 1.807) is 0 Å². The van der Waals surface area contributed by atoms with Gasteiger partial charge < -0.3 is 4.90 Å². The highest BCUT2D eigenvalue weighted by molar-refractivity contribution is 7.91. The predicted molar refractivity (Wildman–Crippen MR) is 83.5 cm³/mol. The summed E-state index contributed by atoms with van der Waals surface area (Å²) in [5, 5.41) is 3.46. The highest BCUT2D eigenvalue weighted by atomic mass is 32.2. The Kier molecular flexibility index (Phi) is 4.98. The quantitative estimate of drug-likeness (QED) is 0.829. The first kappa shape index (κ1) is 16.7. The van der Waals surface area contributed by atoms with E-state index in [1.165, 1.54) is 0 Å². The van der Waals surface area contributed by atoms with Crippen molar-refractivity contribution in [2.24, 2.45) is 17.8 Å². The van der Waals surface area contributed by atoms with Crippen LogP contribution in [-0.2, 0) is 14.6 Å². The van der Waals surface area contributed by atoms with E-state index in [0.29, 0.717) is 24.8 Å². The molecule has 2 aliphatic rings. The summed E-state index contributed by atoms with van der Waals surface area (Å²) < 4.78 is 23.2. The van der Waals surface area contributed by atoms with E-state index in [-0.39, 0.29) is 35.5 Å². The number of nitrogens with one attached hydrogen (secondary N) is 1. The minimum Gasteiger partial charge on any atom is -0.325 e. The summed E-state index contributed by atoms with van der Waals surface area (Å²) in [7, 11) is -2.89. The maximum absolute atomic E-state index is 12.7. The average Bonchev–Trinajstić information content (AvgIpc) is 2.90. The number of nitrogens with zero attached hydrogens (tertiary/aromatic N) is 1. The number of rotatable bonds is 5. The Morgan fingerprint density at radius 1 is 1.33 bits per heavy atom. The molecule has 4 atom stereocenters. The highest BCUT2D eigenvalue weighted by Crippen LogP contribution is 2.27. The van der Waals surface area contributed by atoms with E-state index in [0.717, 1.165) is 6.42 Å². The molecule has 2 heterocycles. The Hall–Kier alpha value is -0.620. The third kappa shape index (κ3) is 3.59. The van der Waals surface area contributed by atoms with Crippen LogP contribution in [0.25, 0.3) is 0 Å². The number of carbonyl (C=O) groups excluding carboxylic acids is 1. The first-order valence-corrected chi connectivity index (χ1v) is 9.84. The smallest absolute Gasteiger partial charge is 0.241 e. The van der Waals surface area contributed by atoms with Crippen LogP contribution < -0.4 is 5.32 Å². The van der Waals surface area contributed by atoms with Crippen LogP contribution in [0.2, 0.25) is 0 Å². The predicted octanol–water partition coefficient (Wildman–Crippen LogP) is 1.25. The van der Waals surface area contributed by atoms with E-state index < -0.39 is 9.84 Å². The van der Waals surface area contributed by atoms with E-state index in [9.17, 15) is 13.2 Å². The standard InChI is InChI=1S/C15H28N2O3S/c1-5-11(4)13-15(18)17(14(16-13)10(2)3)8-12-6-7-21(19,20)9-12/h10-14,16H,5-9H2,1-4H3. The molecule has 6 heteroatoms. The summed E-state index contributed by atoms with van der Waals surface area (Å²) in [5.41, 5.74) is 0. The van der Waals surface area contributed by atoms with Crippen molar-refractivity contribution in [1.82, 2.24) is 10.2 Å².